The Kier molecular flexibility index (Phi) is 11.5. The van der Waals surface area contributed by atoms with Gasteiger partial charge in [0.15, 0.2) is 5.82 Å². The summed E-state index contributed by atoms with van der Waals surface area (Å²) >= 11 is 0. The molecule has 3 rings (SSSR count). The molecule has 1 aromatic rings. The first-order valence-electron chi connectivity index (χ1n) is 14.6. The van der Waals surface area contributed by atoms with Gasteiger partial charge in [0.1, 0.15) is 5.65 Å². The highest BCUT2D eigenvalue weighted by atomic mass is 16.2. The molecule has 210 valence electrons. The van der Waals surface area contributed by atoms with Crippen molar-refractivity contribution in [2.75, 3.05) is 0 Å². The number of aromatic amines is 1. The van der Waals surface area contributed by atoms with Crippen LogP contribution in [0.2, 0.25) is 0 Å². The van der Waals surface area contributed by atoms with E-state index < -0.39 is 22.5 Å². The van der Waals surface area contributed by atoms with Gasteiger partial charge in [-0.3, -0.25) is 23.7 Å². The van der Waals surface area contributed by atoms with Crippen molar-refractivity contribution >= 4 is 11.0 Å². The molecule has 9 nitrogen and oxygen atoms in total. The first kappa shape index (κ1) is 29.6. The fraction of sp³-hybridized carbons (Fsp3) is 0.690. The van der Waals surface area contributed by atoms with Gasteiger partial charge < -0.3 is 4.57 Å². The lowest BCUT2D eigenvalue weighted by molar-refractivity contribution is 0.521. The molecule has 1 N–H and O–H groups in total. The number of nitrogens with zero attached hydrogens (tertiary/aromatic N) is 4. The van der Waals surface area contributed by atoms with Crippen molar-refractivity contribution in [3.63, 3.8) is 0 Å². The summed E-state index contributed by atoms with van der Waals surface area (Å²) in [6.45, 7) is 2.71. The third-order valence-corrected chi connectivity index (χ3v) is 7.63. The van der Waals surface area contributed by atoms with Crippen LogP contribution in [-0.2, 0) is 20.6 Å². The van der Waals surface area contributed by atoms with Crippen LogP contribution in [0.5, 0.6) is 0 Å². The fourth-order valence-corrected chi connectivity index (χ4v) is 5.18. The SMILES string of the molecule is CCCCCCCCCCCCCCCCCCn1c2nc(=O)n(C)c(=O)c-2cc2c(=O)n(C)c(=O)[nH]c21. The summed E-state index contributed by atoms with van der Waals surface area (Å²) in [6, 6.07) is 1.43. The molecule has 1 aromatic heterocycles. The largest absolute Gasteiger partial charge is 0.352 e. The maximum atomic E-state index is 12.8. The Balaban J connectivity index is 1.48. The number of hydrogen-bond acceptors (Lipinski definition) is 5. The smallest absolute Gasteiger partial charge is 0.311 e. The Morgan fingerprint density at radius 1 is 0.684 bits per heavy atom. The Bertz CT molecular complexity index is 1370. The molecular weight excluding hydrogens is 482 g/mol. The summed E-state index contributed by atoms with van der Waals surface area (Å²) in [7, 11) is 2.76. The standard InChI is InChI=1S/C29H45N5O4/c1-4-5-6-7-8-9-10-11-12-13-14-15-16-17-18-19-20-34-24-22(26(35)32(2)28(37)30-24)21-23-25(34)31-29(38)33(3)27(23)36/h21H,4-20H2,1-3H3,(H,30,37). The van der Waals surface area contributed by atoms with Crippen LogP contribution in [0, 0.1) is 0 Å². The molecular formula is C29H45N5O4. The Morgan fingerprint density at radius 3 is 1.71 bits per heavy atom. The van der Waals surface area contributed by atoms with E-state index in [0.29, 0.717) is 12.2 Å². The van der Waals surface area contributed by atoms with E-state index in [-0.39, 0.29) is 16.8 Å². The van der Waals surface area contributed by atoms with E-state index in [0.717, 1.165) is 28.4 Å². The summed E-state index contributed by atoms with van der Waals surface area (Å²) in [6.07, 6.45) is 20.2. The lowest BCUT2D eigenvalue weighted by Crippen LogP contribution is -2.38. The van der Waals surface area contributed by atoms with Crippen LogP contribution in [0.15, 0.2) is 25.2 Å². The lowest BCUT2D eigenvalue weighted by Gasteiger charge is -2.17. The molecule has 0 fully saturated rings. The number of nitrogens with one attached hydrogen (secondary N) is 1. The van der Waals surface area contributed by atoms with E-state index in [1.807, 2.05) is 0 Å². The average molecular weight is 528 g/mol. The van der Waals surface area contributed by atoms with Gasteiger partial charge in [0.25, 0.3) is 11.1 Å². The van der Waals surface area contributed by atoms with E-state index in [1.165, 1.54) is 104 Å². The third kappa shape index (κ3) is 7.54. The number of rotatable bonds is 17. The van der Waals surface area contributed by atoms with Crippen molar-refractivity contribution in [1.29, 1.82) is 0 Å². The number of pyridine rings is 1. The van der Waals surface area contributed by atoms with Crippen molar-refractivity contribution in [3.05, 3.63) is 47.7 Å². The summed E-state index contributed by atoms with van der Waals surface area (Å²) in [5, 5.41) is 0.230. The molecule has 0 bridgehead atoms. The van der Waals surface area contributed by atoms with Crippen molar-refractivity contribution in [2.45, 2.75) is 116 Å². The second-order valence-corrected chi connectivity index (χ2v) is 10.7. The highest BCUT2D eigenvalue weighted by molar-refractivity contribution is 5.81. The van der Waals surface area contributed by atoms with E-state index in [9.17, 15) is 19.2 Å². The van der Waals surface area contributed by atoms with Crippen LogP contribution >= 0.6 is 0 Å². The lowest BCUT2D eigenvalue weighted by atomic mass is 10.0. The van der Waals surface area contributed by atoms with Gasteiger partial charge in [-0.15, -0.1) is 0 Å². The first-order valence-corrected chi connectivity index (χ1v) is 14.6. The summed E-state index contributed by atoms with van der Waals surface area (Å²) in [5.41, 5.74) is -1.70. The fourth-order valence-electron chi connectivity index (χ4n) is 5.18. The Labute approximate surface area is 224 Å². The van der Waals surface area contributed by atoms with Crippen LogP contribution in [0.25, 0.3) is 22.4 Å². The molecule has 2 aliphatic rings. The second-order valence-electron chi connectivity index (χ2n) is 10.7. The average Bonchev–Trinajstić information content (AvgIpc) is 2.90. The number of aryl methyl sites for hydroxylation is 1. The van der Waals surface area contributed by atoms with E-state index >= 15 is 0 Å². The van der Waals surface area contributed by atoms with Gasteiger partial charge >= 0.3 is 11.4 Å². The molecule has 38 heavy (non-hydrogen) atoms. The zero-order chi connectivity index (χ0) is 27.5. The predicted octanol–water partition coefficient (Wildman–Crippen LogP) is 4.85. The van der Waals surface area contributed by atoms with Gasteiger partial charge in [-0.25, -0.2) is 9.59 Å². The minimum atomic E-state index is -0.659. The van der Waals surface area contributed by atoms with Crippen LogP contribution in [0.1, 0.15) is 110 Å². The van der Waals surface area contributed by atoms with Gasteiger partial charge in [-0.2, -0.15) is 4.98 Å². The molecule has 3 heterocycles. The van der Waals surface area contributed by atoms with Crippen LogP contribution < -0.4 is 22.5 Å². The second kappa shape index (κ2) is 14.8. The van der Waals surface area contributed by atoms with Gasteiger partial charge in [0, 0.05) is 20.6 Å². The minimum absolute atomic E-state index is 0.195. The van der Waals surface area contributed by atoms with Gasteiger partial charge in [-0.05, 0) is 12.5 Å². The summed E-state index contributed by atoms with van der Waals surface area (Å²) < 4.78 is 3.57. The normalized spacial score (nSPS) is 11.7. The molecule has 0 saturated heterocycles. The van der Waals surface area contributed by atoms with Crippen molar-refractivity contribution in [1.82, 2.24) is 23.7 Å². The zero-order valence-electron chi connectivity index (χ0n) is 23.5. The number of unbranched alkanes of at least 4 members (excludes halogenated alkanes) is 15. The van der Waals surface area contributed by atoms with Gasteiger partial charge in [0.2, 0.25) is 0 Å². The molecule has 0 amide bonds. The van der Waals surface area contributed by atoms with Crippen molar-refractivity contribution in [3.8, 4) is 11.4 Å². The minimum Gasteiger partial charge on any atom is -0.311 e. The number of aromatic nitrogens is 5. The third-order valence-electron chi connectivity index (χ3n) is 7.63. The molecule has 0 aliphatic carbocycles. The van der Waals surface area contributed by atoms with Crippen molar-refractivity contribution in [2.24, 2.45) is 14.1 Å². The van der Waals surface area contributed by atoms with E-state index in [4.69, 9.17) is 0 Å². The molecule has 0 radical (unpaired) electrons. The number of H-pyrrole nitrogens is 1. The quantitative estimate of drug-likeness (QED) is 0.199. The molecule has 0 unspecified atom stereocenters. The van der Waals surface area contributed by atoms with Crippen LogP contribution in [-0.4, -0.2) is 23.7 Å². The molecule has 0 aromatic carbocycles. The highest BCUT2D eigenvalue weighted by Gasteiger charge is 2.21. The summed E-state index contributed by atoms with van der Waals surface area (Å²) in [4.78, 5) is 56.9. The van der Waals surface area contributed by atoms with Crippen LogP contribution in [0.4, 0.5) is 0 Å². The van der Waals surface area contributed by atoms with Crippen LogP contribution in [0.3, 0.4) is 0 Å². The molecule has 9 heteroatoms. The molecule has 0 atom stereocenters. The Hall–Kier alpha value is -2.97. The highest BCUT2D eigenvalue weighted by Crippen LogP contribution is 2.21. The molecule has 0 saturated carbocycles. The first-order chi connectivity index (χ1) is 18.4. The summed E-state index contributed by atoms with van der Waals surface area (Å²) in [5.74, 6) is 0.204. The number of hydrogen-bond donors (Lipinski definition) is 1. The van der Waals surface area contributed by atoms with Gasteiger partial charge in [0.05, 0.1) is 10.9 Å². The topological polar surface area (TPSA) is 112 Å². The predicted molar refractivity (Wildman–Crippen MR) is 153 cm³/mol. The Morgan fingerprint density at radius 2 is 1.18 bits per heavy atom. The monoisotopic (exact) mass is 527 g/mol. The van der Waals surface area contributed by atoms with Gasteiger partial charge in [-0.1, -0.05) is 103 Å². The molecule has 2 aliphatic heterocycles. The maximum Gasteiger partial charge on any atom is 0.352 e. The number of fused-ring (bicyclic) bond motifs is 2. The van der Waals surface area contributed by atoms with E-state index in [1.54, 1.807) is 4.57 Å². The zero-order valence-corrected chi connectivity index (χ0v) is 23.5. The molecule has 0 spiro atoms. The van der Waals surface area contributed by atoms with Crippen molar-refractivity contribution < 1.29 is 0 Å². The maximum absolute atomic E-state index is 12.8. The van der Waals surface area contributed by atoms with E-state index in [2.05, 4.69) is 16.9 Å².